The van der Waals surface area contributed by atoms with Gasteiger partial charge in [0.1, 0.15) is 11.8 Å². The van der Waals surface area contributed by atoms with Gasteiger partial charge in [-0.15, -0.1) is 0 Å². The lowest BCUT2D eigenvalue weighted by Gasteiger charge is -2.34. The minimum atomic E-state index is -4.03. The Hall–Kier alpha value is -4.49. The molecule has 1 saturated heterocycles. The normalized spacial score (nSPS) is 20.4. The zero-order valence-electron chi connectivity index (χ0n) is 27.1. The van der Waals surface area contributed by atoms with E-state index in [-0.39, 0.29) is 18.2 Å². The van der Waals surface area contributed by atoms with Crippen LogP contribution < -0.4 is 21.1 Å². The largest absolute Gasteiger partial charge is 0.434 e. The first kappa shape index (κ1) is 35.4. The maximum absolute atomic E-state index is 14.3. The van der Waals surface area contributed by atoms with Crippen molar-refractivity contribution in [1.29, 1.82) is 0 Å². The summed E-state index contributed by atoms with van der Waals surface area (Å²) >= 11 is 0. The summed E-state index contributed by atoms with van der Waals surface area (Å²) in [6.45, 7) is 5.87. The van der Waals surface area contributed by atoms with Crippen LogP contribution >= 0.6 is 0 Å². The Morgan fingerprint density at radius 1 is 0.979 bits per heavy atom. The van der Waals surface area contributed by atoms with Crippen molar-refractivity contribution >= 4 is 33.5 Å². The number of Topliss-reactive ketones (excluding diaryl/α,β-unsaturated/α-hetero) is 1. The quantitative estimate of drug-likeness (QED) is 0.157. The van der Waals surface area contributed by atoms with Crippen LogP contribution in [0.15, 0.2) is 77.4 Å². The van der Waals surface area contributed by atoms with Gasteiger partial charge in [-0.25, -0.2) is 13.2 Å². The highest BCUT2D eigenvalue weighted by Crippen LogP contribution is 2.56. The molecule has 3 amide bonds. The molecule has 0 aliphatic carbocycles. The van der Waals surface area contributed by atoms with Crippen LogP contribution in [0.4, 0.5) is 4.79 Å². The predicted molar refractivity (Wildman–Crippen MR) is 174 cm³/mol. The van der Waals surface area contributed by atoms with Crippen molar-refractivity contribution in [2.24, 2.45) is 5.73 Å². The van der Waals surface area contributed by atoms with E-state index in [2.05, 4.69) is 10.6 Å². The fourth-order valence-electron chi connectivity index (χ4n) is 5.61. The smallest absolute Gasteiger partial charge is 0.415 e. The molecule has 1 fully saturated rings. The Kier molecular flexibility index (Phi) is 10.3. The molecule has 4 atom stereocenters. The second kappa shape index (κ2) is 13.7. The van der Waals surface area contributed by atoms with Crippen LogP contribution in [0.3, 0.4) is 0 Å². The number of nitrogens with one attached hydrogen (secondary N) is 2. The van der Waals surface area contributed by atoms with Gasteiger partial charge in [-0.3, -0.25) is 14.4 Å². The summed E-state index contributed by atoms with van der Waals surface area (Å²) in [4.78, 5) is 54.5. The van der Waals surface area contributed by atoms with Gasteiger partial charge in [-0.05, 0) is 49.9 Å². The molecule has 47 heavy (non-hydrogen) atoms. The molecule has 1 unspecified atom stereocenters. The van der Waals surface area contributed by atoms with E-state index in [1.807, 2.05) is 43.3 Å². The van der Waals surface area contributed by atoms with Crippen LogP contribution in [0, 0.1) is 0 Å². The number of epoxide rings is 1. The van der Waals surface area contributed by atoms with Crippen molar-refractivity contribution in [2.75, 3.05) is 6.26 Å². The van der Waals surface area contributed by atoms with Crippen LogP contribution in [0.1, 0.15) is 64.9 Å². The van der Waals surface area contributed by atoms with Crippen LogP contribution in [0.2, 0.25) is 0 Å². The molecule has 1 aromatic heterocycles. The number of nitrogens with two attached hydrogens (primary N) is 1. The Balaban J connectivity index is 1.84. The molecule has 2 aromatic carbocycles. The number of hydrogen-bond acceptors (Lipinski definition) is 9. The number of ether oxygens (including phenoxy) is 2. The molecule has 3 aromatic rings. The molecule has 1 aliphatic rings. The second-order valence-electron chi connectivity index (χ2n) is 12.3. The molecular weight excluding hydrogens is 626 g/mol. The van der Waals surface area contributed by atoms with E-state index < -0.39 is 55.8 Å². The Morgan fingerprint density at radius 2 is 1.64 bits per heavy atom. The highest BCUT2D eigenvalue weighted by molar-refractivity contribution is 7.92. The van der Waals surface area contributed by atoms with Crippen LogP contribution in [-0.2, 0) is 29.0 Å². The average Bonchev–Trinajstić information content (AvgIpc) is 3.31. The lowest BCUT2D eigenvalue weighted by molar-refractivity contribution is -0.128. The molecule has 0 bridgehead atoms. The summed E-state index contributed by atoms with van der Waals surface area (Å²) in [6.07, 6.45) is 3.25. The maximum atomic E-state index is 14.3. The molecule has 0 spiro atoms. The third kappa shape index (κ3) is 7.10. The molecule has 252 valence electrons. The number of carbonyl (C=O) groups is 4. The van der Waals surface area contributed by atoms with Gasteiger partial charge in [0.05, 0.1) is 16.9 Å². The number of rotatable bonds is 15. The van der Waals surface area contributed by atoms with E-state index >= 15 is 0 Å². The summed E-state index contributed by atoms with van der Waals surface area (Å²) in [7, 11) is -4.03. The number of furan rings is 1. The average molecular weight is 668 g/mol. The monoisotopic (exact) mass is 667 g/mol. The maximum Gasteiger partial charge on any atom is 0.415 e. The van der Waals surface area contributed by atoms with E-state index in [1.165, 1.54) is 39.2 Å². The fourth-order valence-corrected chi connectivity index (χ4v) is 6.20. The first-order valence-corrected chi connectivity index (χ1v) is 17.2. The third-order valence-corrected chi connectivity index (χ3v) is 10.9. The van der Waals surface area contributed by atoms with Crippen LogP contribution in [0.5, 0.6) is 5.95 Å². The number of amides is 3. The molecule has 4 N–H and O–H groups in total. The molecular formula is C34H41N3O9S. The van der Waals surface area contributed by atoms with Gasteiger partial charge < -0.3 is 30.3 Å². The number of hydrogen-bond donors (Lipinski definition) is 3. The van der Waals surface area contributed by atoms with Crippen LogP contribution in [0.25, 0.3) is 11.1 Å². The van der Waals surface area contributed by atoms with Crippen LogP contribution in [-0.4, -0.2) is 60.5 Å². The van der Waals surface area contributed by atoms with Crippen molar-refractivity contribution in [3.63, 3.8) is 0 Å². The standard InChI is InChI=1S/C34H41N3O9S/c1-6-7-9-19-25(38)27(24-18-13-12-17-23(24)22-15-10-8-11-16-22)34(33(4,46-34)30(35)40)37-29(39)28(32(2,3)47(5,42)43)36-31(41)45-26-20-14-21-44-26/h8,10-18,20-21,27-28H,6-7,9,19H2,1-5H3,(H2,35,40)(H,36,41)(H,37,39)/t27?,28-,33-,34+/m1/s1. The Labute approximate surface area is 274 Å². The molecule has 0 saturated carbocycles. The molecule has 13 heteroatoms. The summed E-state index contributed by atoms with van der Waals surface area (Å²) < 4.78 is 40.2. The van der Waals surface area contributed by atoms with Gasteiger partial charge in [0.15, 0.2) is 21.2 Å². The zero-order chi connectivity index (χ0) is 34.6. The predicted octanol–water partition coefficient (Wildman–Crippen LogP) is 4.25. The molecule has 2 heterocycles. The number of sulfone groups is 1. The van der Waals surface area contributed by atoms with Crippen molar-refractivity contribution in [1.82, 2.24) is 10.6 Å². The zero-order valence-corrected chi connectivity index (χ0v) is 27.9. The number of primary amides is 1. The molecule has 4 rings (SSSR count). The Bertz CT molecular complexity index is 1720. The molecule has 12 nitrogen and oxygen atoms in total. The van der Waals surface area contributed by atoms with E-state index in [1.54, 1.807) is 18.2 Å². The first-order chi connectivity index (χ1) is 22.1. The van der Waals surface area contributed by atoms with Crippen molar-refractivity contribution in [3.8, 4) is 17.1 Å². The van der Waals surface area contributed by atoms with Gasteiger partial charge >= 0.3 is 6.09 Å². The van der Waals surface area contributed by atoms with Crippen molar-refractivity contribution in [3.05, 3.63) is 78.6 Å². The molecule has 0 radical (unpaired) electrons. The number of unbranched alkanes of at least 4 members (excludes halogenated alkanes) is 2. The van der Waals surface area contributed by atoms with Gasteiger partial charge in [0.2, 0.25) is 5.91 Å². The number of carbonyl (C=O) groups excluding carboxylic acids is 4. The summed E-state index contributed by atoms with van der Waals surface area (Å²) in [6, 6.07) is 17.4. The topological polar surface area (TPSA) is 187 Å². The van der Waals surface area contributed by atoms with Gasteiger partial charge in [-0.2, -0.15) is 0 Å². The number of benzene rings is 2. The lowest BCUT2D eigenvalue weighted by atomic mass is 9.77. The summed E-state index contributed by atoms with van der Waals surface area (Å²) in [5.41, 5.74) is 3.81. The molecule has 1 aliphatic heterocycles. The van der Waals surface area contributed by atoms with Gasteiger partial charge in [0, 0.05) is 18.7 Å². The Morgan fingerprint density at radius 3 is 2.21 bits per heavy atom. The second-order valence-corrected chi connectivity index (χ2v) is 14.9. The third-order valence-electron chi connectivity index (χ3n) is 8.79. The van der Waals surface area contributed by atoms with Gasteiger partial charge in [-0.1, -0.05) is 74.4 Å². The number of ketones is 1. The summed E-state index contributed by atoms with van der Waals surface area (Å²) in [5, 5.41) is 5.02. The minimum absolute atomic E-state index is 0.101. The minimum Gasteiger partial charge on any atom is -0.434 e. The highest BCUT2D eigenvalue weighted by Gasteiger charge is 2.77. The highest BCUT2D eigenvalue weighted by atomic mass is 32.2. The lowest BCUT2D eigenvalue weighted by Crippen LogP contribution is -2.64. The SMILES string of the molecule is CCCCCC(=O)C(c1ccccc1-c1ccccc1)[C@]1(NC(=O)[C@@H](NC(=O)Oc2ccco2)C(C)(C)S(C)(=O)=O)O[C@]1(C)C(N)=O. The summed E-state index contributed by atoms with van der Waals surface area (Å²) in [5.74, 6) is -3.78. The van der Waals surface area contributed by atoms with E-state index in [4.69, 9.17) is 19.6 Å². The van der Waals surface area contributed by atoms with Gasteiger partial charge in [0.25, 0.3) is 11.9 Å². The van der Waals surface area contributed by atoms with E-state index in [9.17, 15) is 27.6 Å². The first-order valence-electron chi connectivity index (χ1n) is 15.3. The van der Waals surface area contributed by atoms with E-state index in [0.717, 1.165) is 24.7 Å². The van der Waals surface area contributed by atoms with E-state index in [0.29, 0.717) is 17.5 Å². The fraction of sp³-hybridized carbons (Fsp3) is 0.412. The van der Waals surface area contributed by atoms with Crippen molar-refractivity contribution < 1.29 is 41.5 Å². The van der Waals surface area contributed by atoms with Crippen molar-refractivity contribution in [2.45, 2.75) is 81.4 Å².